The molecule has 0 unspecified atom stereocenters. The van der Waals surface area contributed by atoms with Gasteiger partial charge in [0.25, 0.3) is 0 Å². The van der Waals surface area contributed by atoms with Gasteiger partial charge in [0, 0.05) is 37.9 Å². The van der Waals surface area contributed by atoms with Gasteiger partial charge < -0.3 is 8.82 Å². The Kier molecular flexibility index (Phi) is 3.23. The minimum atomic E-state index is 0.953. The molecule has 0 saturated carbocycles. The van der Waals surface area contributed by atoms with Gasteiger partial charge >= 0.3 is 0 Å². The standard InChI is InChI=1S/C36H19NO/c1-2-8-23-22(7-1)25-10-6-14-32-33(25)34-26(23)17-16-21(36(34)38-32)20-15-18-31-29(19-20)28-12-5-11-27-24-9-3-4-13-30(24)37(31)35(27)28/h1-19H. The number of para-hydroxylation sites is 2. The van der Waals surface area contributed by atoms with Crippen LogP contribution in [0.2, 0.25) is 0 Å². The Balaban J connectivity index is 1.34. The lowest BCUT2D eigenvalue weighted by molar-refractivity contribution is 0.670. The average Bonchev–Trinajstić information content (AvgIpc) is 3.64. The first-order valence-corrected chi connectivity index (χ1v) is 13.1. The molecule has 0 fully saturated rings. The summed E-state index contributed by atoms with van der Waals surface area (Å²) in [6.07, 6.45) is 0. The molecular weight excluding hydrogens is 462 g/mol. The molecule has 174 valence electrons. The topological polar surface area (TPSA) is 17.6 Å². The number of aromatic nitrogens is 1. The summed E-state index contributed by atoms with van der Waals surface area (Å²) in [7, 11) is 0. The van der Waals surface area contributed by atoms with E-state index in [0.717, 1.165) is 16.7 Å². The van der Waals surface area contributed by atoms with Gasteiger partial charge in [-0.3, -0.25) is 0 Å². The van der Waals surface area contributed by atoms with Crippen LogP contribution in [-0.4, -0.2) is 4.40 Å². The molecule has 0 saturated heterocycles. The van der Waals surface area contributed by atoms with Crippen molar-refractivity contribution in [1.29, 1.82) is 0 Å². The Bertz CT molecular complexity index is 2560. The van der Waals surface area contributed by atoms with Crippen LogP contribution in [-0.2, 0) is 0 Å². The predicted molar refractivity (Wildman–Crippen MR) is 160 cm³/mol. The maximum atomic E-state index is 6.65. The Morgan fingerprint density at radius 2 is 1.11 bits per heavy atom. The van der Waals surface area contributed by atoms with Crippen molar-refractivity contribution in [3.63, 3.8) is 0 Å². The third-order valence-corrected chi connectivity index (χ3v) is 8.69. The van der Waals surface area contributed by atoms with E-state index in [1.54, 1.807) is 0 Å². The number of fused-ring (bicyclic) bond motifs is 9. The molecule has 3 heterocycles. The Hall–Kier alpha value is -5.08. The van der Waals surface area contributed by atoms with E-state index in [9.17, 15) is 0 Å². The van der Waals surface area contributed by atoms with E-state index in [0.29, 0.717) is 0 Å². The second kappa shape index (κ2) is 6.42. The maximum Gasteiger partial charge on any atom is 0.143 e. The van der Waals surface area contributed by atoms with Gasteiger partial charge in [-0.2, -0.15) is 0 Å². The summed E-state index contributed by atoms with van der Waals surface area (Å²) < 4.78 is 9.08. The second-order valence-corrected chi connectivity index (χ2v) is 10.5. The first kappa shape index (κ1) is 19.1. The summed E-state index contributed by atoms with van der Waals surface area (Å²) in [6, 6.07) is 42.0. The smallest absolute Gasteiger partial charge is 0.143 e. The van der Waals surface area contributed by atoms with Crippen LogP contribution in [0, 0.1) is 0 Å². The zero-order valence-corrected chi connectivity index (χ0v) is 20.3. The van der Waals surface area contributed by atoms with Gasteiger partial charge in [0.15, 0.2) is 0 Å². The molecule has 0 spiro atoms. The molecule has 2 heteroatoms. The van der Waals surface area contributed by atoms with Gasteiger partial charge in [-0.05, 0) is 57.4 Å². The van der Waals surface area contributed by atoms with Crippen LogP contribution in [0.15, 0.2) is 120 Å². The largest absolute Gasteiger partial charge is 0.455 e. The fourth-order valence-corrected chi connectivity index (χ4v) is 7.15. The normalized spacial score (nSPS) is 12.7. The predicted octanol–water partition coefficient (Wildman–Crippen LogP) is 10.1. The number of rotatable bonds is 1. The highest BCUT2D eigenvalue weighted by atomic mass is 16.3. The molecule has 2 nitrogen and oxygen atoms in total. The summed E-state index contributed by atoms with van der Waals surface area (Å²) in [6.45, 7) is 0. The van der Waals surface area contributed by atoms with Crippen molar-refractivity contribution in [2.24, 2.45) is 0 Å². The lowest BCUT2D eigenvalue weighted by Gasteiger charge is -2.10. The lowest BCUT2D eigenvalue weighted by atomic mass is 9.92. The molecule has 38 heavy (non-hydrogen) atoms. The minimum absolute atomic E-state index is 0.953. The van der Waals surface area contributed by atoms with Crippen molar-refractivity contribution in [2.45, 2.75) is 0 Å². The van der Waals surface area contributed by atoms with Crippen LogP contribution in [0.25, 0.3) is 92.7 Å². The van der Waals surface area contributed by atoms with E-state index >= 15 is 0 Å². The Morgan fingerprint density at radius 1 is 0.447 bits per heavy atom. The molecular formula is C36H19NO. The highest BCUT2D eigenvalue weighted by Crippen LogP contribution is 2.46. The zero-order valence-electron chi connectivity index (χ0n) is 20.3. The zero-order chi connectivity index (χ0) is 24.5. The fourth-order valence-electron chi connectivity index (χ4n) is 7.15. The maximum absolute atomic E-state index is 6.65. The van der Waals surface area contributed by atoms with Gasteiger partial charge in [0.1, 0.15) is 11.2 Å². The van der Waals surface area contributed by atoms with E-state index in [4.69, 9.17) is 4.42 Å². The fraction of sp³-hybridized carbons (Fsp3) is 0. The van der Waals surface area contributed by atoms with Gasteiger partial charge in [0.2, 0.25) is 0 Å². The van der Waals surface area contributed by atoms with Crippen LogP contribution >= 0.6 is 0 Å². The van der Waals surface area contributed by atoms with Gasteiger partial charge in [-0.1, -0.05) is 84.9 Å². The van der Waals surface area contributed by atoms with Crippen molar-refractivity contribution in [2.75, 3.05) is 0 Å². The molecule has 0 aliphatic heterocycles. The molecule has 10 rings (SSSR count). The van der Waals surface area contributed by atoms with E-state index in [2.05, 4.69) is 120 Å². The molecule has 0 bridgehead atoms. The first-order chi connectivity index (χ1) is 18.9. The van der Waals surface area contributed by atoms with Crippen molar-refractivity contribution >= 4 is 81.6 Å². The van der Waals surface area contributed by atoms with Crippen LogP contribution in [0.1, 0.15) is 0 Å². The summed E-state index contributed by atoms with van der Waals surface area (Å²) in [4.78, 5) is 0. The van der Waals surface area contributed by atoms with Crippen LogP contribution in [0.3, 0.4) is 0 Å². The molecule has 7 aromatic carbocycles. The highest BCUT2D eigenvalue weighted by molar-refractivity contribution is 6.34. The number of hydrogen-bond acceptors (Lipinski definition) is 1. The number of benzene rings is 7. The monoisotopic (exact) mass is 481 g/mol. The molecule has 0 atom stereocenters. The van der Waals surface area contributed by atoms with Crippen molar-refractivity contribution in [1.82, 2.24) is 4.40 Å². The number of nitrogens with zero attached hydrogens (tertiary/aromatic N) is 1. The number of furan rings is 1. The van der Waals surface area contributed by atoms with Crippen LogP contribution < -0.4 is 0 Å². The summed E-state index contributed by atoms with van der Waals surface area (Å²) >= 11 is 0. The summed E-state index contributed by atoms with van der Waals surface area (Å²) in [5, 5.41) is 12.7. The Morgan fingerprint density at radius 3 is 1.97 bits per heavy atom. The van der Waals surface area contributed by atoms with E-state index < -0.39 is 0 Å². The van der Waals surface area contributed by atoms with Gasteiger partial charge in [0.05, 0.1) is 16.6 Å². The molecule has 0 amide bonds. The van der Waals surface area contributed by atoms with Crippen LogP contribution in [0.4, 0.5) is 0 Å². The minimum Gasteiger partial charge on any atom is -0.455 e. The first-order valence-electron chi connectivity index (χ1n) is 13.1. The average molecular weight is 482 g/mol. The SMILES string of the molecule is c1ccc2c(c1)c1cccc3oc4c(-c5ccc6c(c5)c5cccc7c8ccccc8n6c75)ccc2c4c31. The molecule has 0 N–H and O–H groups in total. The third kappa shape index (κ3) is 2.10. The summed E-state index contributed by atoms with van der Waals surface area (Å²) in [5.41, 5.74) is 8.06. The molecule has 10 aromatic rings. The molecule has 0 aliphatic carbocycles. The lowest BCUT2D eigenvalue weighted by Crippen LogP contribution is -1.85. The highest BCUT2D eigenvalue weighted by Gasteiger charge is 2.21. The second-order valence-electron chi connectivity index (χ2n) is 10.5. The molecule has 0 radical (unpaired) electrons. The van der Waals surface area contributed by atoms with Gasteiger partial charge in [-0.25, -0.2) is 0 Å². The Labute approximate surface area is 216 Å². The molecule has 3 aromatic heterocycles. The summed E-state index contributed by atoms with van der Waals surface area (Å²) in [5.74, 6) is 0. The van der Waals surface area contributed by atoms with Gasteiger partial charge in [-0.15, -0.1) is 0 Å². The van der Waals surface area contributed by atoms with Crippen molar-refractivity contribution < 1.29 is 4.42 Å². The number of hydrogen-bond donors (Lipinski definition) is 0. The van der Waals surface area contributed by atoms with E-state index in [1.807, 2.05) is 0 Å². The van der Waals surface area contributed by atoms with Crippen LogP contribution in [0.5, 0.6) is 0 Å². The van der Waals surface area contributed by atoms with E-state index in [-0.39, 0.29) is 0 Å². The van der Waals surface area contributed by atoms with Crippen molar-refractivity contribution in [3.8, 4) is 11.1 Å². The van der Waals surface area contributed by atoms with E-state index in [1.165, 1.54) is 76.0 Å². The van der Waals surface area contributed by atoms with Crippen molar-refractivity contribution in [3.05, 3.63) is 115 Å². The third-order valence-electron chi connectivity index (χ3n) is 8.69. The molecule has 0 aliphatic rings. The quantitative estimate of drug-likeness (QED) is 0.213.